The van der Waals surface area contributed by atoms with Gasteiger partial charge in [-0.1, -0.05) is 22.0 Å². The molecule has 1 fully saturated rings. The van der Waals surface area contributed by atoms with Crippen LogP contribution in [0.5, 0.6) is 0 Å². The van der Waals surface area contributed by atoms with Crippen LogP contribution in [0.4, 0.5) is 5.69 Å². The number of benzene rings is 1. The van der Waals surface area contributed by atoms with Gasteiger partial charge in [0.25, 0.3) is 0 Å². The van der Waals surface area contributed by atoms with E-state index in [-0.39, 0.29) is 0 Å². The van der Waals surface area contributed by atoms with Gasteiger partial charge in [0.1, 0.15) is 6.07 Å². The summed E-state index contributed by atoms with van der Waals surface area (Å²) in [6.45, 7) is 0.899. The van der Waals surface area contributed by atoms with Gasteiger partial charge in [0.2, 0.25) is 0 Å². The van der Waals surface area contributed by atoms with Crippen molar-refractivity contribution in [3.8, 4) is 6.07 Å². The summed E-state index contributed by atoms with van der Waals surface area (Å²) >= 11 is 5.18. The summed E-state index contributed by atoms with van der Waals surface area (Å²) in [4.78, 5) is 2.39. The molecule has 0 saturated heterocycles. The Bertz CT molecular complexity index is 626. The first-order valence-electron chi connectivity index (χ1n) is 6.68. The van der Waals surface area contributed by atoms with Gasteiger partial charge in [-0.05, 0) is 52.9 Å². The molecule has 0 radical (unpaired) electrons. The van der Waals surface area contributed by atoms with Gasteiger partial charge in [-0.3, -0.25) is 0 Å². The van der Waals surface area contributed by atoms with E-state index in [4.69, 9.17) is 0 Å². The van der Waals surface area contributed by atoms with Gasteiger partial charge in [-0.2, -0.15) is 16.6 Å². The third-order valence-corrected chi connectivity index (χ3v) is 4.95. The van der Waals surface area contributed by atoms with Crippen LogP contribution in [0.15, 0.2) is 35.0 Å². The summed E-state index contributed by atoms with van der Waals surface area (Å²) in [5.74, 6) is 0. The third kappa shape index (κ3) is 2.89. The molecule has 20 heavy (non-hydrogen) atoms. The molecule has 0 atom stereocenters. The predicted octanol–water partition coefficient (Wildman–Crippen LogP) is 4.68. The van der Waals surface area contributed by atoms with Crippen LogP contribution in [-0.2, 0) is 11.9 Å². The Balaban J connectivity index is 1.93. The zero-order valence-corrected chi connectivity index (χ0v) is 13.5. The number of rotatable bonds is 5. The molecule has 3 rings (SSSR count). The molecule has 1 heterocycles. The van der Waals surface area contributed by atoms with Gasteiger partial charge in [0.15, 0.2) is 0 Å². The van der Waals surface area contributed by atoms with Crippen molar-refractivity contribution in [3.05, 3.63) is 51.7 Å². The molecule has 2 nitrogen and oxygen atoms in total. The van der Waals surface area contributed by atoms with Crippen molar-refractivity contribution in [1.82, 2.24) is 0 Å². The minimum atomic E-state index is 0.594. The minimum Gasteiger partial charge on any atom is -0.363 e. The number of hydrogen-bond acceptors (Lipinski definition) is 3. The molecule has 0 unspecified atom stereocenters. The van der Waals surface area contributed by atoms with Gasteiger partial charge in [0, 0.05) is 17.9 Å². The summed E-state index contributed by atoms with van der Waals surface area (Å²) in [6.07, 6.45) is 2.46. The van der Waals surface area contributed by atoms with Gasteiger partial charge < -0.3 is 4.90 Å². The number of hydrogen-bond donors (Lipinski definition) is 0. The highest BCUT2D eigenvalue weighted by molar-refractivity contribution is 9.08. The quantitative estimate of drug-likeness (QED) is 0.734. The molecule has 0 aliphatic heterocycles. The van der Waals surface area contributed by atoms with Crippen molar-refractivity contribution in [3.63, 3.8) is 0 Å². The van der Waals surface area contributed by atoms with Gasteiger partial charge >= 0.3 is 0 Å². The average molecular weight is 347 g/mol. The van der Waals surface area contributed by atoms with E-state index >= 15 is 0 Å². The molecule has 0 spiro atoms. The maximum atomic E-state index is 9.43. The molecule has 0 amide bonds. The lowest BCUT2D eigenvalue weighted by molar-refractivity contribution is 0.795. The number of nitrogens with zero attached hydrogens (tertiary/aromatic N) is 2. The predicted molar refractivity (Wildman–Crippen MR) is 87.3 cm³/mol. The Labute approximate surface area is 131 Å². The van der Waals surface area contributed by atoms with E-state index in [1.807, 2.05) is 6.07 Å². The number of halogens is 1. The van der Waals surface area contributed by atoms with Crippen LogP contribution >= 0.6 is 27.3 Å². The monoisotopic (exact) mass is 346 g/mol. The largest absolute Gasteiger partial charge is 0.363 e. The standard InChI is InChI=1S/C16H15BrN2S/c17-8-12-1-4-16(14(7-12)9-18)19(15-2-3-15)10-13-5-6-20-11-13/h1,4-7,11,15H,2-3,8,10H2. The van der Waals surface area contributed by atoms with E-state index in [1.165, 1.54) is 18.4 Å². The second-order valence-electron chi connectivity index (χ2n) is 5.09. The fraction of sp³-hybridized carbons (Fsp3) is 0.312. The van der Waals surface area contributed by atoms with E-state index in [0.717, 1.165) is 28.7 Å². The van der Waals surface area contributed by atoms with Crippen LogP contribution < -0.4 is 4.90 Å². The minimum absolute atomic E-state index is 0.594. The zero-order chi connectivity index (χ0) is 13.9. The number of nitriles is 1. The maximum Gasteiger partial charge on any atom is 0.101 e. The van der Waals surface area contributed by atoms with Crippen molar-refractivity contribution >= 4 is 33.0 Å². The smallest absolute Gasteiger partial charge is 0.101 e. The highest BCUT2D eigenvalue weighted by Crippen LogP contribution is 2.35. The first kappa shape index (κ1) is 13.7. The maximum absolute atomic E-state index is 9.43. The molecule has 1 aromatic heterocycles. The van der Waals surface area contributed by atoms with Crippen LogP contribution in [0.1, 0.15) is 29.5 Å². The fourth-order valence-electron chi connectivity index (χ4n) is 2.38. The molecule has 4 heteroatoms. The third-order valence-electron chi connectivity index (χ3n) is 3.57. The lowest BCUT2D eigenvalue weighted by Crippen LogP contribution is -2.25. The molecule has 1 aromatic carbocycles. The van der Waals surface area contributed by atoms with Crippen LogP contribution in [0.3, 0.4) is 0 Å². The SMILES string of the molecule is N#Cc1cc(CBr)ccc1N(Cc1ccsc1)C1CC1. The molecule has 1 aliphatic rings. The van der Waals surface area contributed by atoms with Crippen molar-refractivity contribution < 1.29 is 0 Å². The van der Waals surface area contributed by atoms with Crippen molar-refractivity contribution in [2.45, 2.75) is 30.8 Å². The van der Waals surface area contributed by atoms with E-state index in [2.05, 4.69) is 55.9 Å². The van der Waals surface area contributed by atoms with E-state index in [0.29, 0.717) is 6.04 Å². The molecule has 1 aliphatic carbocycles. The number of thiophene rings is 1. The van der Waals surface area contributed by atoms with Crippen LogP contribution in [0.25, 0.3) is 0 Å². The molecule has 102 valence electrons. The van der Waals surface area contributed by atoms with Crippen molar-refractivity contribution in [1.29, 1.82) is 5.26 Å². The Morgan fingerprint density at radius 2 is 2.15 bits per heavy atom. The average Bonchev–Trinajstić information content (AvgIpc) is 3.21. The molecule has 2 aromatic rings. The molecule has 0 bridgehead atoms. The lowest BCUT2D eigenvalue weighted by atomic mass is 10.1. The number of alkyl halides is 1. The summed E-state index contributed by atoms with van der Waals surface area (Å²) in [7, 11) is 0. The van der Waals surface area contributed by atoms with E-state index in [1.54, 1.807) is 11.3 Å². The van der Waals surface area contributed by atoms with Crippen LogP contribution in [0, 0.1) is 11.3 Å². The summed E-state index contributed by atoms with van der Waals surface area (Å²) < 4.78 is 0. The second kappa shape index (κ2) is 5.99. The summed E-state index contributed by atoms with van der Waals surface area (Å²) in [5.41, 5.74) is 4.34. The normalized spacial score (nSPS) is 14.0. The van der Waals surface area contributed by atoms with Gasteiger partial charge in [0.05, 0.1) is 11.3 Å². The Kier molecular flexibility index (Phi) is 4.09. The van der Waals surface area contributed by atoms with Crippen LogP contribution in [-0.4, -0.2) is 6.04 Å². The van der Waals surface area contributed by atoms with Crippen LogP contribution in [0.2, 0.25) is 0 Å². The van der Waals surface area contributed by atoms with Crippen molar-refractivity contribution in [2.24, 2.45) is 0 Å². The van der Waals surface area contributed by atoms with Gasteiger partial charge in [-0.15, -0.1) is 0 Å². The fourth-order valence-corrected chi connectivity index (χ4v) is 3.39. The Morgan fingerprint density at radius 1 is 1.30 bits per heavy atom. The highest BCUT2D eigenvalue weighted by Gasteiger charge is 2.30. The second-order valence-corrected chi connectivity index (χ2v) is 6.43. The van der Waals surface area contributed by atoms with Gasteiger partial charge in [-0.25, -0.2) is 0 Å². The number of anilines is 1. The molecule has 0 N–H and O–H groups in total. The Morgan fingerprint density at radius 3 is 2.75 bits per heavy atom. The first-order valence-corrected chi connectivity index (χ1v) is 8.75. The highest BCUT2D eigenvalue weighted by atomic mass is 79.9. The lowest BCUT2D eigenvalue weighted by Gasteiger charge is -2.25. The summed E-state index contributed by atoms with van der Waals surface area (Å²) in [6, 6.07) is 11.3. The first-order chi connectivity index (χ1) is 9.81. The topological polar surface area (TPSA) is 27.0 Å². The van der Waals surface area contributed by atoms with Crippen molar-refractivity contribution in [2.75, 3.05) is 4.90 Å². The zero-order valence-electron chi connectivity index (χ0n) is 11.1. The molecular formula is C16H15BrN2S. The van der Waals surface area contributed by atoms with E-state index < -0.39 is 0 Å². The molecule has 1 saturated carbocycles. The Hall–Kier alpha value is -1.31. The van der Waals surface area contributed by atoms with E-state index in [9.17, 15) is 5.26 Å². The molecular weight excluding hydrogens is 332 g/mol. The summed E-state index contributed by atoms with van der Waals surface area (Å²) in [5, 5.41) is 14.5.